The summed E-state index contributed by atoms with van der Waals surface area (Å²) in [5.41, 5.74) is 4.37. The fourth-order valence-corrected chi connectivity index (χ4v) is 3.12. The summed E-state index contributed by atoms with van der Waals surface area (Å²) in [5.74, 6) is 1.33. The molecule has 0 saturated heterocycles. The molecule has 1 aliphatic carbocycles. The average Bonchev–Trinajstić information content (AvgIpc) is 3.33. The van der Waals surface area contributed by atoms with Gasteiger partial charge in [0.25, 0.3) is 0 Å². The van der Waals surface area contributed by atoms with E-state index in [1.165, 1.54) is 11.1 Å². The third-order valence-corrected chi connectivity index (χ3v) is 4.44. The normalized spacial score (nSPS) is 19.1. The predicted octanol–water partition coefficient (Wildman–Crippen LogP) is 2.89. The lowest BCUT2D eigenvalue weighted by molar-refractivity contribution is -0.122. The highest BCUT2D eigenvalue weighted by Crippen LogP contribution is 2.39. The minimum Gasteiger partial charge on any atom is -0.487 e. The summed E-state index contributed by atoms with van der Waals surface area (Å²) in [4.78, 5) is 16.2. The van der Waals surface area contributed by atoms with Crippen molar-refractivity contribution in [3.05, 3.63) is 47.7 Å². The van der Waals surface area contributed by atoms with Gasteiger partial charge in [0.05, 0.1) is 12.2 Å². The molecule has 2 aromatic rings. The SMILES string of the molecule is Cc1cc2c(c(-c3ccccn3)c1)OC(CNC(=O)C1CC1)C2. The molecule has 1 fully saturated rings. The number of nitrogens with one attached hydrogen (secondary N) is 1. The molecule has 4 rings (SSSR count). The molecule has 1 aromatic carbocycles. The van der Waals surface area contributed by atoms with Crippen molar-refractivity contribution in [2.24, 2.45) is 5.92 Å². The molecule has 118 valence electrons. The maximum atomic E-state index is 11.8. The van der Waals surface area contributed by atoms with Crippen LogP contribution in [-0.2, 0) is 11.2 Å². The molecule has 1 aromatic heterocycles. The third kappa shape index (κ3) is 2.93. The zero-order valence-corrected chi connectivity index (χ0v) is 13.2. The molecule has 1 amide bonds. The third-order valence-electron chi connectivity index (χ3n) is 4.44. The van der Waals surface area contributed by atoms with Crippen LogP contribution in [-0.4, -0.2) is 23.5 Å². The first-order chi connectivity index (χ1) is 11.2. The first-order valence-electron chi connectivity index (χ1n) is 8.20. The summed E-state index contributed by atoms with van der Waals surface area (Å²) >= 11 is 0. The molecular weight excluding hydrogens is 288 g/mol. The van der Waals surface area contributed by atoms with E-state index in [9.17, 15) is 4.79 Å². The lowest BCUT2D eigenvalue weighted by Crippen LogP contribution is -2.35. The van der Waals surface area contributed by atoms with Crippen molar-refractivity contribution in [3.63, 3.8) is 0 Å². The number of rotatable bonds is 4. The predicted molar refractivity (Wildman–Crippen MR) is 88.3 cm³/mol. The van der Waals surface area contributed by atoms with Gasteiger partial charge in [-0.3, -0.25) is 9.78 Å². The van der Waals surface area contributed by atoms with Crippen LogP contribution in [0.5, 0.6) is 5.75 Å². The van der Waals surface area contributed by atoms with E-state index in [1.54, 1.807) is 6.20 Å². The molecule has 0 spiro atoms. The number of nitrogens with zero attached hydrogens (tertiary/aromatic N) is 1. The van der Waals surface area contributed by atoms with Crippen LogP contribution in [0, 0.1) is 12.8 Å². The van der Waals surface area contributed by atoms with Gasteiger partial charge in [-0.05, 0) is 49.1 Å². The first kappa shape index (κ1) is 14.2. The summed E-state index contributed by atoms with van der Waals surface area (Å²) in [6, 6.07) is 10.2. The van der Waals surface area contributed by atoms with Crippen molar-refractivity contribution in [2.75, 3.05) is 6.54 Å². The van der Waals surface area contributed by atoms with Crippen LogP contribution in [0.2, 0.25) is 0 Å². The highest BCUT2D eigenvalue weighted by molar-refractivity contribution is 5.80. The number of fused-ring (bicyclic) bond motifs is 1. The molecule has 1 N–H and O–H groups in total. The molecule has 4 nitrogen and oxygen atoms in total. The van der Waals surface area contributed by atoms with E-state index in [0.717, 1.165) is 36.3 Å². The molecule has 1 atom stereocenters. The van der Waals surface area contributed by atoms with E-state index in [1.807, 2.05) is 18.2 Å². The number of hydrogen-bond acceptors (Lipinski definition) is 3. The second kappa shape index (κ2) is 5.69. The van der Waals surface area contributed by atoms with Gasteiger partial charge in [0.2, 0.25) is 5.91 Å². The number of amides is 1. The van der Waals surface area contributed by atoms with Gasteiger partial charge in [-0.15, -0.1) is 0 Å². The van der Waals surface area contributed by atoms with Crippen LogP contribution >= 0.6 is 0 Å². The number of carbonyl (C=O) groups is 1. The van der Waals surface area contributed by atoms with Crippen molar-refractivity contribution < 1.29 is 9.53 Å². The second-order valence-electron chi connectivity index (χ2n) is 6.48. The summed E-state index contributed by atoms with van der Waals surface area (Å²) in [5, 5.41) is 3.02. The number of hydrogen-bond donors (Lipinski definition) is 1. The van der Waals surface area contributed by atoms with Crippen molar-refractivity contribution in [1.82, 2.24) is 10.3 Å². The number of aromatic nitrogens is 1. The minimum atomic E-state index is 0.0111. The Kier molecular flexibility index (Phi) is 3.52. The Morgan fingerprint density at radius 2 is 2.22 bits per heavy atom. The van der Waals surface area contributed by atoms with Gasteiger partial charge >= 0.3 is 0 Å². The average molecular weight is 308 g/mol. The van der Waals surface area contributed by atoms with E-state index in [4.69, 9.17) is 4.74 Å². The van der Waals surface area contributed by atoms with Gasteiger partial charge in [0.1, 0.15) is 11.9 Å². The molecule has 2 aliphatic rings. The van der Waals surface area contributed by atoms with Gasteiger partial charge in [-0.1, -0.05) is 12.1 Å². The molecule has 4 heteroatoms. The van der Waals surface area contributed by atoms with E-state index in [0.29, 0.717) is 6.54 Å². The second-order valence-corrected chi connectivity index (χ2v) is 6.48. The monoisotopic (exact) mass is 308 g/mol. The zero-order valence-electron chi connectivity index (χ0n) is 13.2. The molecule has 1 saturated carbocycles. The zero-order chi connectivity index (χ0) is 15.8. The minimum absolute atomic E-state index is 0.0111. The Labute approximate surface area is 135 Å². The fourth-order valence-electron chi connectivity index (χ4n) is 3.12. The number of benzene rings is 1. The summed E-state index contributed by atoms with van der Waals surface area (Å²) in [7, 11) is 0. The van der Waals surface area contributed by atoms with Crippen LogP contribution in [0.4, 0.5) is 0 Å². The number of ether oxygens (including phenoxy) is 1. The van der Waals surface area contributed by atoms with E-state index in [-0.39, 0.29) is 17.9 Å². The molecule has 1 unspecified atom stereocenters. The van der Waals surface area contributed by atoms with Gasteiger partial charge in [0.15, 0.2) is 0 Å². The van der Waals surface area contributed by atoms with Gasteiger partial charge < -0.3 is 10.1 Å². The van der Waals surface area contributed by atoms with E-state index >= 15 is 0 Å². The largest absolute Gasteiger partial charge is 0.487 e. The van der Waals surface area contributed by atoms with Crippen LogP contribution in [0.25, 0.3) is 11.3 Å². The Bertz CT molecular complexity index is 739. The van der Waals surface area contributed by atoms with Crippen LogP contribution in [0.3, 0.4) is 0 Å². The van der Waals surface area contributed by atoms with Gasteiger partial charge in [-0.2, -0.15) is 0 Å². The standard InChI is InChI=1S/C19H20N2O2/c1-12-8-14-10-15(11-21-19(22)13-5-6-13)23-18(14)16(9-12)17-4-2-3-7-20-17/h2-4,7-9,13,15H,5-6,10-11H2,1H3,(H,21,22). The smallest absolute Gasteiger partial charge is 0.223 e. The molecule has 0 bridgehead atoms. The van der Waals surface area contributed by atoms with Crippen molar-refractivity contribution >= 4 is 5.91 Å². The Hall–Kier alpha value is -2.36. The maximum absolute atomic E-state index is 11.8. The van der Waals surface area contributed by atoms with E-state index < -0.39 is 0 Å². The van der Waals surface area contributed by atoms with Crippen LogP contribution in [0.15, 0.2) is 36.5 Å². The lowest BCUT2D eigenvalue weighted by atomic mass is 10.0. The quantitative estimate of drug-likeness (QED) is 0.945. The Morgan fingerprint density at radius 1 is 1.35 bits per heavy atom. The lowest BCUT2D eigenvalue weighted by Gasteiger charge is -2.13. The molecule has 2 heterocycles. The molecule has 23 heavy (non-hydrogen) atoms. The van der Waals surface area contributed by atoms with Crippen LogP contribution in [0.1, 0.15) is 24.0 Å². The summed E-state index contributed by atoms with van der Waals surface area (Å²) in [6.45, 7) is 2.67. The highest BCUT2D eigenvalue weighted by atomic mass is 16.5. The van der Waals surface area contributed by atoms with Crippen LogP contribution < -0.4 is 10.1 Å². The molecule has 0 radical (unpaired) electrons. The van der Waals surface area contributed by atoms with Gasteiger partial charge in [-0.25, -0.2) is 0 Å². The van der Waals surface area contributed by atoms with Crippen molar-refractivity contribution in [2.45, 2.75) is 32.3 Å². The summed E-state index contributed by atoms with van der Waals surface area (Å²) in [6.07, 6.45) is 4.70. The van der Waals surface area contributed by atoms with Gasteiger partial charge in [0, 0.05) is 24.1 Å². The first-order valence-corrected chi connectivity index (χ1v) is 8.20. The molecule has 1 aliphatic heterocycles. The number of carbonyl (C=O) groups excluding carboxylic acids is 1. The maximum Gasteiger partial charge on any atom is 0.223 e. The number of pyridine rings is 1. The van der Waals surface area contributed by atoms with E-state index in [2.05, 4.69) is 29.4 Å². The fraction of sp³-hybridized carbons (Fsp3) is 0.368. The number of aryl methyl sites for hydroxylation is 1. The topological polar surface area (TPSA) is 51.2 Å². The van der Waals surface area contributed by atoms with Crippen molar-refractivity contribution in [1.29, 1.82) is 0 Å². The Morgan fingerprint density at radius 3 is 2.96 bits per heavy atom. The Balaban J connectivity index is 1.54. The summed E-state index contributed by atoms with van der Waals surface area (Å²) < 4.78 is 6.14. The van der Waals surface area contributed by atoms with Crippen molar-refractivity contribution in [3.8, 4) is 17.0 Å². The molecular formula is C19H20N2O2. The highest BCUT2D eigenvalue weighted by Gasteiger charge is 2.31.